The molecule has 0 radical (unpaired) electrons. The first-order valence-electron chi connectivity index (χ1n) is 14.9. The van der Waals surface area contributed by atoms with E-state index >= 15 is 0 Å². The van der Waals surface area contributed by atoms with Crippen molar-refractivity contribution in [2.24, 2.45) is 0 Å². The summed E-state index contributed by atoms with van der Waals surface area (Å²) in [4.78, 5) is 16.2. The van der Waals surface area contributed by atoms with E-state index in [1.54, 1.807) is 6.07 Å². The summed E-state index contributed by atoms with van der Waals surface area (Å²) in [6.07, 6.45) is 3.37. The molecule has 214 valence electrons. The van der Waals surface area contributed by atoms with Gasteiger partial charge in [0.25, 0.3) is 0 Å². The molecule has 5 aromatic carbocycles. The van der Waals surface area contributed by atoms with Crippen LogP contribution in [0, 0.1) is 11.3 Å². The van der Waals surface area contributed by atoms with Crippen LogP contribution in [-0.2, 0) is 10.2 Å². The molecule has 0 spiro atoms. The zero-order valence-corrected chi connectivity index (χ0v) is 25.4. The largest absolute Gasteiger partial charge is 0.477 e. The van der Waals surface area contributed by atoms with Gasteiger partial charge >= 0.3 is 5.97 Å². The van der Waals surface area contributed by atoms with Gasteiger partial charge < -0.3 is 10.0 Å². The van der Waals surface area contributed by atoms with Crippen LogP contribution in [0.3, 0.4) is 0 Å². The van der Waals surface area contributed by atoms with Crippen molar-refractivity contribution in [3.63, 3.8) is 0 Å². The van der Waals surface area contributed by atoms with Crippen molar-refractivity contribution in [3.8, 4) is 28.3 Å². The lowest BCUT2D eigenvalue weighted by Crippen LogP contribution is -2.24. The Balaban J connectivity index is 1.31. The first-order valence-corrected chi connectivity index (χ1v) is 15.7. The molecule has 5 aromatic rings. The molecule has 1 aliphatic heterocycles. The first-order chi connectivity index (χ1) is 21.5. The fraction of sp³-hybridized carbons (Fsp3) is 0.128. The first kappa shape index (κ1) is 27.8. The van der Waals surface area contributed by atoms with E-state index in [1.165, 1.54) is 55.2 Å². The van der Waals surface area contributed by atoms with E-state index in [-0.39, 0.29) is 11.0 Å². The third-order valence-electron chi connectivity index (χ3n) is 9.15. The SMILES string of the molecule is CCC1(CC)c2cc(-c3ccc(/C=C(\C#N)C(=O)O)cc3)ccc2-c2ccc(N3c4ccccc4Sc4ccccc43)cc21. The van der Waals surface area contributed by atoms with E-state index in [9.17, 15) is 9.90 Å². The second kappa shape index (κ2) is 10.9. The third-order valence-corrected chi connectivity index (χ3v) is 10.3. The smallest absolute Gasteiger partial charge is 0.346 e. The Labute approximate surface area is 261 Å². The highest BCUT2D eigenvalue weighted by Crippen LogP contribution is 2.56. The minimum absolute atomic E-state index is 0.119. The molecule has 1 N–H and O–H groups in total. The Morgan fingerprint density at radius 3 is 1.95 bits per heavy atom. The molecular formula is C39H30N2O2S. The fourth-order valence-electron chi connectivity index (χ4n) is 6.88. The lowest BCUT2D eigenvalue weighted by atomic mass is 9.73. The van der Waals surface area contributed by atoms with E-state index in [0.717, 1.165) is 24.0 Å². The predicted octanol–water partition coefficient (Wildman–Crippen LogP) is 10.4. The van der Waals surface area contributed by atoms with E-state index < -0.39 is 5.97 Å². The van der Waals surface area contributed by atoms with Crippen molar-refractivity contribution in [2.45, 2.75) is 41.9 Å². The summed E-state index contributed by atoms with van der Waals surface area (Å²) in [5.41, 5.74) is 11.3. The number of benzene rings is 5. The van der Waals surface area contributed by atoms with Crippen LogP contribution in [0.5, 0.6) is 0 Å². The molecule has 0 saturated carbocycles. The lowest BCUT2D eigenvalue weighted by Gasteiger charge is -2.34. The summed E-state index contributed by atoms with van der Waals surface area (Å²) < 4.78 is 0. The van der Waals surface area contributed by atoms with Crippen LogP contribution in [0.4, 0.5) is 17.1 Å². The van der Waals surface area contributed by atoms with Gasteiger partial charge in [-0.05, 0) is 100 Å². The number of hydrogen-bond donors (Lipinski definition) is 1. The molecule has 0 aromatic heterocycles. The monoisotopic (exact) mass is 590 g/mol. The molecule has 44 heavy (non-hydrogen) atoms. The highest BCUT2D eigenvalue weighted by atomic mass is 32.2. The van der Waals surface area contributed by atoms with Crippen molar-refractivity contribution in [2.75, 3.05) is 4.90 Å². The van der Waals surface area contributed by atoms with Gasteiger partial charge in [0, 0.05) is 20.9 Å². The normalized spacial score (nSPS) is 14.2. The number of para-hydroxylation sites is 2. The zero-order valence-electron chi connectivity index (χ0n) is 24.5. The van der Waals surface area contributed by atoms with Crippen molar-refractivity contribution in [1.82, 2.24) is 0 Å². The molecule has 1 heterocycles. The minimum atomic E-state index is -1.22. The van der Waals surface area contributed by atoms with Crippen molar-refractivity contribution in [3.05, 3.63) is 131 Å². The molecule has 2 aliphatic rings. The molecule has 4 nitrogen and oxygen atoms in total. The van der Waals surface area contributed by atoms with Crippen molar-refractivity contribution in [1.29, 1.82) is 5.26 Å². The Morgan fingerprint density at radius 1 is 0.795 bits per heavy atom. The Hall–Kier alpha value is -5.05. The van der Waals surface area contributed by atoms with Crippen molar-refractivity contribution < 1.29 is 9.90 Å². The van der Waals surface area contributed by atoms with E-state index in [4.69, 9.17) is 5.26 Å². The standard InChI is InChI=1S/C39H30N2O2S/c1-3-39(4-2)32-22-27(26-15-13-25(14-16-26)21-28(24-40)38(42)43)17-19-30(32)31-20-18-29(23-33(31)39)41-34-9-5-7-11-36(34)44-37-12-8-6-10-35(37)41/h5-23H,3-4H2,1-2H3,(H,42,43)/b28-21+. The molecule has 0 amide bonds. The number of anilines is 3. The van der Waals surface area contributed by atoms with Gasteiger partial charge in [0.15, 0.2) is 0 Å². The number of carboxylic acids is 1. The fourth-order valence-corrected chi connectivity index (χ4v) is 7.93. The lowest BCUT2D eigenvalue weighted by molar-refractivity contribution is -0.132. The number of hydrogen-bond acceptors (Lipinski definition) is 4. The molecule has 5 heteroatoms. The molecule has 0 saturated heterocycles. The number of fused-ring (bicyclic) bond motifs is 5. The summed E-state index contributed by atoms with van der Waals surface area (Å²) in [6.45, 7) is 4.58. The van der Waals surface area contributed by atoms with Crippen LogP contribution in [0.15, 0.2) is 125 Å². The second-order valence-electron chi connectivity index (χ2n) is 11.2. The van der Waals surface area contributed by atoms with Gasteiger partial charge in [0.1, 0.15) is 11.6 Å². The highest BCUT2D eigenvalue weighted by molar-refractivity contribution is 7.99. The number of carbonyl (C=O) groups is 1. The molecule has 1 aliphatic carbocycles. The number of carboxylic acid groups (broad SMARTS) is 1. The number of aliphatic carboxylic acids is 1. The molecule has 0 atom stereocenters. The Kier molecular flexibility index (Phi) is 6.88. The van der Waals surface area contributed by atoms with Crippen LogP contribution in [0.1, 0.15) is 43.4 Å². The Bertz CT molecular complexity index is 1970. The van der Waals surface area contributed by atoms with Crippen LogP contribution in [-0.4, -0.2) is 11.1 Å². The van der Waals surface area contributed by atoms with Gasteiger partial charge in [0.2, 0.25) is 0 Å². The Morgan fingerprint density at radius 2 is 1.36 bits per heavy atom. The van der Waals surface area contributed by atoms with Crippen molar-refractivity contribution >= 4 is 40.9 Å². The summed E-state index contributed by atoms with van der Waals surface area (Å²) in [5, 5.41) is 18.3. The molecule has 0 unspecified atom stereocenters. The predicted molar refractivity (Wildman–Crippen MR) is 179 cm³/mol. The maximum atomic E-state index is 11.3. The summed E-state index contributed by atoms with van der Waals surface area (Å²) in [6, 6.07) is 40.5. The average Bonchev–Trinajstić information content (AvgIpc) is 3.34. The summed E-state index contributed by atoms with van der Waals surface area (Å²) in [7, 11) is 0. The summed E-state index contributed by atoms with van der Waals surface area (Å²) in [5.74, 6) is -1.22. The molecular weight excluding hydrogens is 561 g/mol. The third kappa shape index (κ3) is 4.34. The van der Waals surface area contributed by atoms with E-state index in [1.807, 2.05) is 36.0 Å². The van der Waals surface area contributed by atoms with Gasteiger partial charge in [-0.3, -0.25) is 0 Å². The quantitative estimate of drug-likeness (QED) is 0.154. The van der Waals surface area contributed by atoms with E-state index in [0.29, 0.717) is 5.56 Å². The molecule has 0 bridgehead atoms. The number of rotatable bonds is 6. The van der Waals surface area contributed by atoms with Crippen LogP contribution in [0.25, 0.3) is 28.3 Å². The maximum absolute atomic E-state index is 11.3. The van der Waals surface area contributed by atoms with Gasteiger partial charge in [-0.1, -0.05) is 92.3 Å². The minimum Gasteiger partial charge on any atom is -0.477 e. The van der Waals surface area contributed by atoms with Gasteiger partial charge in [-0.2, -0.15) is 5.26 Å². The molecule has 7 rings (SSSR count). The van der Waals surface area contributed by atoms with E-state index in [2.05, 4.69) is 104 Å². The zero-order chi connectivity index (χ0) is 30.4. The van der Waals surface area contributed by atoms with Gasteiger partial charge in [-0.25, -0.2) is 4.79 Å². The second-order valence-corrected chi connectivity index (χ2v) is 12.3. The number of nitriles is 1. The molecule has 0 fully saturated rings. The van der Waals surface area contributed by atoms with Gasteiger partial charge in [0.05, 0.1) is 11.4 Å². The average molecular weight is 591 g/mol. The van der Waals surface area contributed by atoms with Crippen LogP contribution >= 0.6 is 11.8 Å². The maximum Gasteiger partial charge on any atom is 0.346 e. The van der Waals surface area contributed by atoms with Gasteiger partial charge in [-0.15, -0.1) is 0 Å². The highest BCUT2D eigenvalue weighted by Gasteiger charge is 2.41. The topological polar surface area (TPSA) is 64.3 Å². The van der Waals surface area contributed by atoms with Crippen LogP contribution in [0.2, 0.25) is 0 Å². The summed E-state index contributed by atoms with van der Waals surface area (Å²) >= 11 is 1.83. The number of nitrogens with zero attached hydrogens (tertiary/aromatic N) is 2. The van der Waals surface area contributed by atoms with Crippen LogP contribution < -0.4 is 4.90 Å².